The number of pyridine rings is 1. The predicted octanol–water partition coefficient (Wildman–Crippen LogP) is 4.35. The van der Waals surface area contributed by atoms with Gasteiger partial charge in [-0.2, -0.15) is 8.42 Å². The Bertz CT molecular complexity index is 1300. The van der Waals surface area contributed by atoms with E-state index in [0.29, 0.717) is 17.4 Å². The van der Waals surface area contributed by atoms with Gasteiger partial charge in [-0.25, -0.2) is 4.99 Å². The zero-order chi connectivity index (χ0) is 23.5. The van der Waals surface area contributed by atoms with Crippen molar-refractivity contribution in [3.05, 3.63) is 53.9 Å². The van der Waals surface area contributed by atoms with Crippen molar-refractivity contribution in [3.63, 3.8) is 0 Å². The molecule has 0 saturated heterocycles. The highest BCUT2D eigenvalue weighted by atomic mass is 32.2. The number of nitrogens with zero attached hydrogens (tertiary/aromatic N) is 3. The minimum Gasteiger partial charge on any atom is -0.503 e. The van der Waals surface area contributed by atoms with E-state index in [4.69, 9.17) is 9.29 Å². The molecule has 0 aliphatic carbocycles. The molecule has 0 saturated carbocycles. The predicted molar refractivity (Wildman–Crippen MR) is 125 cm³/mol. The Morgan fingerprint density at radius 3 is 2.44 bits per heavy atom. The van der Waals surface area contributed by atoms with Crippen molar-refractivity contribution in [2.45, 2.75) is 25.7 Å². The van der Waals surface area contributed by atoms with Gasteiger partial charge in [0.15, 0.2) is 11.5 Å². The van der Waals surface area contributed by atoms with Crippen LogP contribution < -0.4 is 4.74 Å². The Hall–Kier alpha value is -3.30. The summed E-state index contributed by atoms with van der Waals surface area (Å²) in [4.78, 5) is 13.3. The fourth-order valence-corrected chi connectivity index (χ4v) is 3.54. The molecule has 4 rings (SSSR count). The monoisotopic (exact) mass is 455 g/mol. The number of phenols is 1. The molecule has 0 amide bonds. The molecule has 0 unspecified atom stereocenters. The molecule has 8 nitrogen and oxygen atoms in total. The van der Waals surface area contributed by atoms with Crippen LogP contribution >= 0.6 is 0 Å². The summed E-state index contributed by atoms with van der Waals surface area (Å²) in [7, 11) is -2.49. The lowest BCUT2D eigenvalue weighted by Gasteiger charge is -2.16. The number of ether oxygens (including phenoxy) is 1. The third-order valence-electron chi connectivity index (χ3n) is 4.69. The Morgan fingerprint density at radius 2 is 1.84 bits per heavy atom. The van der Waals surface area contributed by atoms with Gasteiger partial charge in [0.1, 0.15) is 11.4 Å². The molecule has 0 spiro atoms. The summed E-state index contributed by atoms with van der Waals surface area (Å²) in [5.41, 5.74) is 2.97. The van der Waals surface area contributed by atoms with Crippen molar-refractivity contribution in [3.8, 4) is 11.5 Å². The van der Waals surface area contributed by atoms with Crippen molar-refractivity contribution >= 4 is 38.5 Å². The number of benzene rings is 2. The highest BCUT2D eigenvalue weighted by molar-refractivity contribution is 7.85. The van der Waals surface area contributed by atoms with Crippen LogP contribution in [0, 0.1) is 12.8 Å². The van der Waals surface area contributed by atoms with E-state index in [1.54, 1.807) is 30.6 Å². The zero-order valence-electron chi connectivity index (χ0n) is 18.3. The van der Waals surface area contributed by atoms with Gasteiger partial charge < -0.3 is 9.84 Å². The molecule has 32 heavy (non-hydrogen) atoms. The number of aryl methyl sites for hydroxylation is 1. The third kappa shape index (κ3) is 5.12. The van der Waals surface area contributed by atoms with E-state index in [0.717, 1.165) is 34.3 Å². The highest BCUT2D eigenvalue weighted by Gasteiger charge is 2.21. The summed E-state index contributed by atoms with van der Waals surface area (Å²) in [6.07, 6.45) is 3.40. The number of aromatic nitrogens is 1. The molecule has 0 atom stereocenters. The summed E-state index contributed by atoms with van der Waals surface area (Å²) < 4.78 is 34.7. The van der Waals surface area contributed by atoms with Crippen molar-refractivity contribution in [1.29, 1.82) is 0 Å². The first kappa shape index (κ1) is 23.4. The summed E-state index contributed by atoms with van der Waals surface area (Å²) in [5.74, 6) is 0.920. The molecule has 2 heterocycles. The smallest absolute Gasteiger partial charge is 0.294 e. The Labute approximate surface area is 187 Å². The van der Waals surface area contributed by atoms with E-state index in [-0.39, 0.29) is 10.6 Å². The van der Waals surface area contributed by atoms with E-state index in [1.165, 1.54) is 19.2 Å². The molecule has 0 fully saturated rings. The second-order valence-corrected chi connectivity index (χ2v) is 9.12. The standard InChI is InChI=1S/C16H17N3O2.C7H8O3S/c1-9(2)7-18-11-8-19-15-13-10(4-5-17-14(11)13)6-12(21-3)16(15)20;1-6-2-4-7(5-3-6)11(8,9)10/h4-6,8-9,20H,7H2,1-3H3;2-5H,1H3,(H,8,9,10). The van der Waals surface area contributed by atoms with E-state index < -0.39 is 10.1 Å². The lowest BCUT2D eigenvalue weighted by molar-refractivity contribution is 0.375. The molecule has 168 valence electrons. The minimum absolute atomic E-state index is 0.0402. The summed E-state index contributed by atoms with van der Waals surface area (Å²) in [6, 6.07) is 9.66. The molecule has 1 aliphatic rings. The second-order valence-electron chi connectivity index (χ2n) is 7.70. The van der Waals surface area contributed by atoms with Crippen LogP contribution in [-0.4, -0.2) is 48.6 Å². The molecular weight excluding hydrogens is 430 g/mol. The highest BCUT2D eigenvalue weighted by Crippen LogP contribution is 2.44. The number of rotatable bonds is 4. The average Bonchev–Trinajstić information content (AvgIpc) is 2.75. The normalized spacial score (nSPS) is 13.9. The van der Waals surface area contributed by atoms with Crippen molar-refractivity contribution in [2.24, 2.45) is 15.9 Å². The summed E-state index contributed by atoms with van der Waals surface area (Å²) in [5, 5.41) is 12.0. The van der Waals surface area contributed by atoms with Gasteiger partial charge in [0.25, 0.3) is 10.1 Å². The molecule has 1 aliphatic heterocycles. The molecular formula is C23H25N3O5S. The van der Waals surface area contributed by atoms with Gasteiger partial charge in [-0.3, -0.25) is 14.5 Å². The fraction of sp³-hybridized carbons (Fsp3) is 0.261. The molecule has 3 aromatic rings. The Kier molecular flexibility index (Phi) is 6.90. The van der Waals surface area contributed by atoms with Crippen LogP contribution in [0.1, 0.15) is 25.1 Å². The Morgan fingerprint density at radius 1 is 1.16 bits per heavy atom. The largest absolute Gasteiger partial charge is 0.503 e. The van der Waals surface area contributed by atoms with Gasteiger partial charge in [0.05, 0.1) is 23.9 Å². The van der Waals surface area contributed by atoms with Crippen molar-refractivity contribution in [1.82, 2.24) is 4.98 Å². The van der Waals surface area contributed by atoms with Gasteiger partial charge in [-0.15, -0.1) is 0 Å². The van der Waals surface area contributed by atoms with Crippen LogP contribution in [-0.2, 0) is 10.1 Å². The second kappa shape index (κ2) is 9.46. The van der Waals surface area contributed by atoms with Crippen LogP contribution in [0.3, 0.4) is 0 Å². The number of hydrogen-bond donors (Lipinski definition) is 2. The van der Waals surface area contributed by atoms with Crippen LogP contribution in [0.15, 0.2) is 57.5 Å². The van der Waals surface area contributed by atoms with Gasteiger partial charge in [-0.1, -0.05) is 31.5 Å². The number of hydrogen-bond acceptors (Lipinski definition) is 7. The lowest BCUT2D eigenvalue weighted by Crippen LogP contribution is -2.11. The van der Waals surface area contributed by atoms with E-state index >= 15 is 0 Å². The van der Waals surface area contributed by atoms with E-state index in [1.807, 2.05) is 13.0 Å². The summed E-state index contributed by atoms with van der Waals surface area (Å²) >= 11 is 0. The molecule has 1 aromatic heterocycles. The van der Waals surface area contributed by atoms with Crippen LogP contribution in [0.2, 0.25) is 0 Å². The maximum absolute atomic E-state index is 10.5. The van der Waals surface area contributed by atoms with Crippen molar-refractivity contribution in [2.75, 3.05) is 13.7 Å². The fourth-order valence-electron chi connectivity index (χ4n) is 3.06. The first-order valence-corrected chi connectivity index (χ1v) is 11.4. The third-order valence-corrected chi connectivity index (χ3v) is 5.56. The SMILES string of the molecule is COc1cc2ccnc3c2c(c1O)N=CC3=NCC(C)C.Cc1ccc(S(=O)(=O)O)cc1. The maximum atomic E-state index is 10.5. The van der Waals surface area contributed by atoms with Crippen LogP contribution in [0.4, 0.5) is 5.69 Å². The molecule has 9 heteroatoms. The van der Waals surface area contributed by atoms with Gasteiger partial charge in [-0.05, 0) is 42.5 Å². The number of methoxy groups -OCH3 is 1. The first-order valence-electron chi connectivity index (χ1n) is 9.93. The van der Waals surface area contributed by atoms with Gasteiger partial charge in [0.2, 0.25) is 0 Å². The molecule has 0 radical (unpaired) electrons. The molecule has 0 bridgehead atoms. The summed E-state index contributed by atoms with van der Waals surface area (Å²) in [6.45, 7) is 6.79. The van der Waals surface area contributed by atoms with E-state index in [2.05, 4.69) is 28.8 Å². The van der Waals surface area contributed by atoms with Crippen LogP contribution in [0.5, 0.6) is 11.5 Å². The number of aromatic hydroxyl groups is 1. The average molecular weight is 456 g/mol. The van der Waals surface area contributed by atoms with Gasteiger partial charge in [0, 0.05) is 18.1 Å². The van der Waals surface area contributed by atoms with Gasteiger partial charge >= 0.3 is 0 Å². The quantitative estimate of drug-likeness (QED) is 0.564. The Balaban J connectivity index is 0.000000222. The lowest BCUT2D eigenvalue weighted by atomic mass is 10.0. The molecule has 2 aromatic carbocycles. The first-order chi connectivity index (χ1) is 15.1. The van der Waals surface area contributed by atoms with E-state index in [9.17, 15) is 13.5 Å². The topological polar surface area (TPSA) is 121 Å². The van der Waals surface area contributed by atoms with Crippen LogP contribution in [0.25, 0.3) is 10.8 Å². The maximum Gasteiger partial charge on any atom is 0.294 e. The number of phenolic OH excluding ortho intramolecular Hbond substituents is 1. The van der Waals surface area contributed by atoms with Crippen molar-refractivity contribution < 1.29 is 22.8 Å². The zero-order valence-corrected chi connectivity index (χ0v) is 19.1. The number of aliphatic imine (C=N–C) groups is 2. The molecule has 2 N–H and O–H groups in total. The minimum atomic E-state index is -4.02.